The summed E-state index contributed by atoms with van der Waals surface area (Å²) in [6.07, 6.45) is 5.45. The van der Waals surface area contributed by atoms with Crippen LogP contribution in [-0.4, -0.2) is 65.3 Å². The second-order valence-electron chi connectivity index (χ2n) is 7.71. The van der Waals surface area contributed by atoms with Crippen LogP contribution < -0.4 is 5.32 Å². The second kappa shape index (κ2) is 12.3. The zero-order chi connectivity index (χ0) is 21.9. The maximum Gasteiger partial charge on any atom is 0.414 e. The van der Waals surface area contributed by atoms with Crippen molar-refractivity contribution in [2.45, 2.75) is 51.7 Å². The van der Waals surface area contributed by atoms with E-state index in [1.54, 1.807) is 0 Å². The first kappa shape index (κ1) is 23.8. The summed E-state index contributed by atoms with van der Waals surface area (Å²) in [5.74, 6) is -3.26. The molecule has 0 spiro atoms. The van der Waals surface area contributed by atoms with E-state index in [1.165, 1.54) is 11.1 Å². The Balaban J connectivity index is 0.000000469. The highest BCUT2D eigenvalue weighted by molar-refractivity contribution is 6.27. The topological polar surface area (TPSA) is 116 Å². The van der Waals surface area contributed by atoms with Crippen LogP contribution in [0.15, 0.2) is 24.3 Å². The molecule has 1 unspecified atom stereocenters. The molecular weight excluding hydrogens is 388 g/mol. The molecule has 30 heavy (non-hydrogen) atoms. The molecule has 0 bridgehead atoms. The number of ether oxygens (including phenoxy) is 1. The fourth-order valence-electron chi connectivity index (χ4n) is 3.66. The molecule has 166 valence electrons. The van der Waals surface area contributed by atoms with E-state index in [4.69, 9.17) is 24.5 Å². The number of aliphatic carboxylic acids is 2. The van der Waals surface area contributed by atoms with E-state index < -0.39 is 11.9 Å². The molecule has 3 rings (SSSR count). The third-order valence-electron chi connectivity index (χ3n) is 5.51. The number of hydrogen-bond donors (Lipinski definition) is 3. The second-order valence-corrected chi connectivity index (χ2v) is 7.71. The quantitative estimate of drug-likeness (QED) is 0.602. The highest BCUT2D eigenvalue weighted by Crippen LogP contribution is 2.20. The zero-order valence-electron chi connectivity index (χ0n) is 17.5. The number of nitrogens with one attached hydrogen (secondary N) is 1. The maximum atomic E-state index is 12.3. The van der Waals surface area contributed by atoms with Crippen molar-refractivity contribution >= 4 is 17.8 Å². The first-order valence-electron chi connectivity index (χ1n) is 10.5. The minimum Gasteiger partial charge on any atom is -0.473 e. The number of piperidine rings is 1. The van der Waals surface area contributed by atoms with E-state index in [1.807, 2.05) is 0 Å². The molecule has 8 nitrogen and oxygen atoms in total. The van der Waals surface area contributed by atoms with Gasteiger partial charge in [0.25, 0.3) is 0 Å². The van der Waals surface area contributed by atoms with Gasteiger partial charge in [-0.2, -0.15) is 0 Å². The molecule has 0 saturated carbocycles. The predicted molar refractivity (Wildman–Crippen MR) is 111 cm³/mol. The lowest BCUT2D eigenvalue weighted by molar-refractivity contribution is -0.159. The van der Waals surface area contributed by atoms with E-state index in [9.17, 15) is 4.79 Å². The Bertz CT molecular complexity index is 680. The van der Waals surface area contributed by atoms with E-state index in [2.05, 4.69) is 41.4 Å². The maximum absolute atomic E-state index is 12.3. The van der Waals surface area contributed by atoms with E-state index >= 15 is 0 Å². The summed E-state index contributed by atoms with van der Waals surface area (Å²) in [5.41, 5.74) is 2.76. The number of likely N-dealkylation sites (tertiary alicyclic amines) is 1. The van der Waals surface area contributed by atoms with Crippen molar-refractivity contribution in [1.82, 2.24) is 10.2 Å². The first-order valence-corrected chi connectivity index (χ1v) is 10.5. The van der Waals surface area contributed by atoms with Gasteiger partial charge in [-0.1, -0.05) is 31.2 Å². The molecule has 2 saturated heterocycles. The number of hydrogen-bond acceptors (Lipinski definition) is 5. The van der Waals surface area contributed by atoms with Gasteiger partial charge in [-0.15, -0.1) is 0 Å². The fraction of sp³-hybridized carbons (Fsp3) is 0.591. The number of carbonyl (C=O) groups is 3. The molecular formula is C22H32N2O6. The minimum atomic E-state index is -1.82. The van der Waals surface area contributed by atoms with Gasteiger partial charge in [0, 0.05) is 25.6 Å². The number of aryl methyl sites for hydroxylation is 1. The normalized spacial score (nSPS) is 19.6. The first-order chi connectivity index (χ1) is 14.4. The van der Waals surface area contributed by atoms with Crippen LogP contribution in [0, 0.1) is 5.92 Å². The van der Waals surface area contributed by atoms with Gasteiger partial charge in [-0.3, -0.25) is 9.69 Å². The number of rotatable bonds is 6. The number of nitrogens with zero attached hydrogens (tertiary/aromatic N) is 1. The Morgan fingerprint density at radius 2 is 1.63 bits per heavy atom. The van der Waals surface area contributed by atoms with Crippen LogP contribution in [0.4, 0.5) is 0 Å². The summed E-state index contributed by atoms with van der Waals surface area (Å²) < 4.78 is 5.57. The third kappa shape index (κ3) is 8.12. The number of carbonyl (C=O) groups excluding carboxylic acids is 1. The van der Waals surface area contributed by atoms with Crippen molar-refractivity contribution in [3.8, 4) is 0 Å². The van der Waals surface area contributed by atoms with Gasteiger partial charge < -0.3 is 20.3 Å². The molecule has 0 aromatic heterocycles. The summed E-state index contributed by atoms with van der Waals surface area (Å²) in [7, 11) is 0. The van der Waals surface area contributed by atoms with Crippen molar-refractivity contribution in [1.29, 1.82) is 0 Å². The molecule has 1 aromatic carbocycles. The Hall–Kier alpha value is -2.45. The van der Waals surface area contributed by atoms with Crippen LogP contribution in [0.2, 0.25) is 0 Å². The largest absolute Gasteiger partial charge is 0.473 e. The van der Waals surface area contributed by atoms with Crippen LogP contribution in [0.1, 0.15) is 43.7 Å². The van der Waals surface area contributed by atoms with Crippen LogP contribution in [0.25, 0.3) is 0 Å². The Morgan fingerprint density at radius 1 is 1.03 bits per heavy atom. The molecule has 1 amide bonds. The summed E-state index contributed by atoms with van der Waals surface area (Å²) in [6.45, 7) is 6.72. The predicted octanol–water partition coefficient (Wildman–Crippen LogP) is 1.91. The fourth-order valence-corrected chi connectivity index (χ4v) is 3.66. The van der Waals surface area contributed by atoms with Crippen molar-refractivity contribution in [2.75, 3.05) is 26.2 Å². The summed E-state index contributed by atoms with van der Waals surface area (Å²) in [6, 6.07) is 8.92. The number of benzene rings is 1. The van der Waals surface area contributed by atoms with Crippen LogP contribution in [0.3, 0.4) is 0 Å². The minimum absolute atomic E-state index is 0.171. The average Bonchev–Trinajstić information content (AvgIpc) is 3.27. The molecule has 0 aliphatic carbocycles. The summed E-state index contributed by atoms with van der Waals surface area (Å²) in [4.78, 5) is 33.0. The smallest absolute Gasteiger partial charge is 0.414 e. The molecule has 0 radical (unpaired) electrons. The van der Waals surface area contributed by atoms with Gasteiger partial charge in [0.1, 0.15) is 0 Å². The summed E-state index contributed by atoms with van der Waals surface area (Å²) in [5, 5.41) is 17.9. The van der Waals surface area contributed by atoms with Crippen LogP contribution in [0.5, 0.6) is 0 Å². The highest BCUT2D eigenvalue weighted by Gasteiger charge is 2.26. The number of carboxylic acid groups (broad SMARTS) is 2. The van der Waals surface area contributed by atoms with Crippen LogP contribution in [-0.2, 0) is 32.1 Å². The lowest BCUT2D eigenvalue weighted by atomic mass is 9.95. The Kier molecular flexibility index (Phi) is 9.76. The SMILES string of the molecule is CCc1ccc(CN2CCC(C(=O)NCC3CCCO3)CC2)cc1.O=C(O)C(=O)O. The lowest BCUT2D eigenvalue weighted by Crippen LogP contribution is -2.42. The molecule has 2 fully saturated rings. The van der Waals surface area contributed by atoms with Gasteiger partial charge in [-0.25, -0.2) is 9.59 Å². The Morgan fingerprint density at radius 3 is 2.13 bits per heavy atom. The zero-order valence-corrected chi connectivity index (χ0v) is 17.5. The highest BCUT2D eigenvalue weighted by atomic mass is 16.5. The van der Waals surface area contributed by atoms with Gasteiger partial charge in [0.05, 0.1) is 6.10 Å². The van der Waals surface area contributed by atoms with Crippen molar-refractivity contribution in [3.63, 3.8) is 0 Å². The molecule has 3 N–H and O–H groups in total. The molecule has 2 aliphatic heterocycles. The van der Waals surface area contributed by atoms with Crippen molar-refractivity contribution < 1.29 is 29.3 Å². The van der Waals surface area contributed by atoms with Crippen LogP contribution >= 0.6 is 0 Å². The number of amides is 1. The number of carboxylic acids is 2. The third-order valence-corrected chi connectivity index (χ3v) is 5.51. The summed E-state index contributed by atoms with van der Waals surface area (Å²) >= 11 is 0. The average molecular weight is 421 g/mol. The van der Waals surface area contributed by atoms with E-state index in [0.29, 0.717) is 6.54 Å². The van der Waals surface area contributed by atoms with Crippen molar-refractivity contribution in [2.24, 2.45) is 5.92 Å². The molecule has 2 aliphatic rings. The van der Waals surface area contributed by atoms with Gasteiger partial charge >= 0.3 is 11.9 Å². The molecule has 2 heterocycles. The monoisotopic (exact) mass is 420 g/mol. The lowest BCUT2D eigenvalue weighted by Gasteiger charge is -2.31. The van der Waals surface area contributed by atoms with Gasteiger partial charge in [0.15, 0.2) is 0 Å². The van der Waals surface area contributed by atoms with Crippen molar-refractivity contribution in [3.05, 3.63) is 35.4 Å². The van der Waals surface area contributed by atoms with E-state index in [0.717, 1.165) is 58.3 Å². The molecule has 8 heteroatoms. The van der Waals surface area contributed by atoms with E-state index in [-0.39, 0.29) is 17.9 Å². The standard InChI is InChI=1S/C20H30N2O2.C2H2O4/c1-2-16-5-7-17(8-6-16)15-22-11-9-18(10-12-22)20(23)21-14-19-4-3-13-24-19;3-1(4)2(5)6/h5-8,18-19H,2-4,9-15H2,1H3,(H,21,23);(H,3,4)(H,5,6). The molecule has 1 aromatic rings. The molecule has 1 atom stereocenters. The Labute approximate surface area is 177 Å². The van der Waals surface area contributed by atoms with Gasteiger partial charge in [0.2, 0.25) is 5.91 Å². The van der Waals surface area contributed by atoms with Gasteiger partial charge in [-0.05, 0) is 56.3 Å².